The van der Waals surface area contributed by atoms with Crippen LogP contribution in [0.1, 0.15) is 12.5 Å². The number of nitrogens with two attached hydrogens (primary N) is 1. The summed E-state index contributed by atoms with van der Waals surface area (Å²) in [7, 11) is 2.12. The standard InChI is InChI=1S/C14H22N2O/c1-3-12-4-6-13(7-5-12)16(2)9-14(8-15)10-17-11-14/h4-7H,3,8-11,15H2,1-2H3. The van der Waals surface area contributed by atoms with Gasteiger partial charge < -0.3 is 15.4 Å². The van der Waals surface area contributed by atoms with Crippen molar-refractivity contribution >= 4 is 5.69 Å². The van der Waals surface area contributed by atoms with E-state index >= 15 is 0 Å². The van der Waals surface area contributed by atoms with Crippen LogP contribution < -0.4 is 10.6 Å². The van der Waals surface area contributed by atoms with Crippen LogP contribution in [0.4, 0.5) is 5.69 Å². The second-order valence-corrected chi connectivity index (χ2v) is 5.07. The molecule has 3 heteroatoms. The van der Waals surface area contributed by atoms with Crippen LogP contribution in [0.25, 0.3) is 0 Å². The van der Waals surface area contributed by atoms with Crippen LogP contribution in [0, 0.1) is 5.41 Å². The maximum Gasteiger partial charge on any atom is 0.0574 e. The van der Waals surface area contributed by atoms with Crippen LogP contribution in [0.2, 0.25) is 0 Å². The van der Waals surface area contributed by atoms with E-state index in [0.29, 0.717) is 6.54 Å². The predicted molar refractivity (Wildman–Crippen MR) is 71.4 cm³/mol. The first-order valence-electron chi connectivity index (χ1n) is 6.27. The quantitative estimate of drug-likeness (QED) is 0.842. The average molecular weight is 234 g/mol. The highest BCUT2D eigenvalue weighted by Gasteiger charge is 2.38. The second-order valence-electron chi connectivity index (χ2n) is 5.07. The summed E-state index contributed by atoms with van der Waals surface area (Å²) in [5.74, 6) is 0. The Balaban J connectivity index is 2.01. The molecule has 1 aliphatic heterocycles. The Hall–Kier alpha value is -1.06. The lowest BCUT2D eigenvalue weighted by Crippen LogP contribution is -2.54. The highest BCUT2D eigenvalue weighted by atomic mass is 16.5. The molecular weight excluding hydrogens is 212 g/mol. The first-order valence-corrected chi connectivity index (χ1v) is 6.27. The molecule has 2 rings (SSSR count). The van der Waals surface area contributed by atoms with Crippen molar-refractivity contribution in [2.24, 2.45) is 11.1 Å². The number of benzene rings is 1. The van der Waals surface area contributed by atoms with Gasteiger partial charge in [0.05, 0.1) is 13.2 Å². The number of nitrogens with zero attached hydrogens (tertiary/aromatic N) is 1. The molecule has 1 aromatic rings. The highest BCUT2D eigenvalue weighted by Crippen LogP contribution is 2.28. The van der Waals surface area contributed by atoms with E-state index in [1.165, 1.54) is 11.3 Å². The van der Waals surface area contributed by atoms with Gasteiger partial charge in [0.25, 0.3) is 0 Å². The highest BCUT2D eigenvalue weighted by molar-refractivity contribution is 5.47. The Labute approximate surface area is 104 Å². The van der Waals surface area contributed by atoms with Crippen molar-refractivity contribution in [1.82, 2.24) is 0 Å². The summed E-state index contributed by atoms with van der Waals surface area (Å²) in [4.78, 5) is 2.27. The van der Waals surface area contributed by atoms with Crippen molar-refractivity contribution in [2.45, 2.75) is 13.3 Å². The molecule has 0 atom stereocenters. The SMILES string of the molecule is CCc1ccc(N(C)CC2(CN)COC2)cc1. The van der Waals surface area contributed by atoms with E-state index in [4.69, 9.17) is 10.5 Å². The summed E-state index contributed by atoms with van der Waals surface area (Å²) in [5, 5.41) is 0. The van der Waals surface area contributed by atoms with Gasteiger partial charge in [-0.1, -0.05) is 19.1 Å². The van der Waals surface area contributed by atoms with Crippen LogP contribution in [-0.4, -0.2) is 33.4 Å². The lowest BCUT2D eigenvalue weighted by Gasteiger charge is -2.43. The van der Waals surface area contributed by atoms with Gasteiger partial charge in [-0.3, -0.25) is 0 Å². The maximum absolute atomic E-state index is 5.83. The van der Waals surface area contributed by atoms with Crippen LogP contribution in [0.3, 0.4) is 0 Å². The Kier molecular flexibility index (Phi) is 3.69. The molecule has 2 N–H and O–H groups in total. The van der Waals surface area contributed by atoms with Crippen molar-refractivity contribution in [3.05, 3.63) is 29.8 Å². The molecule has 0 radical (unpaired) electrons. The Morgan fingerprint density at radius 3 is 2.35 bits per heavy atom. The topological polar surface area (TPSA) is 38.5 Å². The van der Waals surface area contributed by atoms with Gasteiger partial charge >= 0.3 is 0 Å². The zero-order valence-corrected chi connectivity index (χ0v) is 10.8. The summed E-state index contributed by atoms with van der Waals surface area (Å²) in [6.45, 7) is 5.43. The fourth-order valence-corrected chi connectivity index (χ4v) is 2.24. The fourth-order valence-electron chi connectivity index (χ4n) is 2.24. The van der Waals surface area contributed by atoms with Crippen molar-refractivity contribution in [3.63, 3.8) is 0 Å². The van der Waals surface area contributed by atoms with Crippen LogP contribution in [0.15, 0.2) is 24.3 Å². The summed E-state index contributed by atoms with van der Waals surface area (Å²) in [6.07, 6.45) is 1.09. The van der Waals surface area contributed by atoms with Crippen molar-refractivity contribution < 1.29 is 4.74 Å². The third kappa shape index (κ3) is 2.61. The molecule has 1 saturated heterocycles. The molecule has 1 aliphatic rings. The normalized spacial score (nSPS) is 17.6. The van der Waals surface area contributed by atoms with E-state index in [-0.39, 0.29) is 5.41 Å². The largest absolute Gasteiger partial charge is 0.380 e. The molecule has 0 unspecified atom stereocenters. The minimum Gasteiger partial charge on any atom is -0.380 e. The van der Waals surface area contributed by atoms with Crippen molar-refractivity contribution in [1.29, 1.82) is 0 Å². The Bertz CT molecular complexity index is 351. The molecule has 0 aliphatic carbocycles. The van der Waals surface area contributed by atoms with Gasteiger partial charge in [0, 0.05) is 31.2 Å². The van der Waals surface area contributed by atoms with E-state index < -0.39 is 0 Å². The van der Waals surface area contributed by atoms with Crippen LogP contribution in [-0.2, 0) is 11.2 Å². The first kappa shape index (κ1) is 12.4. The van der Waals surface area contributed by atoms with Gasteiger partial charge in [-0.05, 0) is 24.1 Å². The van der Waals surface area contributed by atoms with Gasteiger partial charge in [-0.15, -0.1) is 0 Å². The van der Waals surface area contributed by atoms with Gasteiger partial charge in [-0.25, -0.2) is 0 Å². The lowest BCUT2D eigenvalue weighted by atomic mass is 9.85. The minimum absolute atomic E-state index is 0.165. The first-order chi connectivity index (χ1) is 8.19. The molecule has 1 fully saturated rings. The number of hydrogen-bond donors (Lipinski definition) is 1. The monoisotopic (exact) mass is 234 g/mol. The van der Waals surface area contributed by atoms with E-state index in [0.717, 1.165) is 26.2 Å². The number of ether oxygens (including phenoxy) is 1. The van der Waals surface area contributed by atoms with E-state index in [9.17, 15) is 0 Å². The zero-order valence-electron chi connectivity index (χ0n) is 10.8. The molecule has 0 aromatic heterocycles. The average Bonchev–Trinajstić information content (AvgIpc) is 2.33. The number of hydrogen-bond acceptors (Lipinski definition) is 3. The molecule has 0 spiro atoms. The van der Waals surface area contributed by atoms with Gasteiger partial charge in [0.15, 0.2) is 0 Å². The van der Waals surface area contributed by atoms with E-state index in [1.807, 2.05) is 0 Å². The molecule has 17 heavy (non-hydrogen) atoms. The Morgan fingerprint density at radius 2 is 1.94 bits per heavy atom. The molecule has 3 nitrogen and oxygen atoms in total. The smallest absolute Gasteiger partial charge is 0.0574 e. The third-order valence-electron chi connectivity index (χ3n) is 3.61. The number of aryl methyl sites for hydroxylation is 1. The summed E-state index contributed by atoms with van der Waals surface area (Å²) < 4.78 is 5.30. The molecular formula is C14H22N2O. The maximum atomic E-state index is 5.83. The zero-order chi connectivity index (χ0) is 12.3. The molecule has 94 valence electrons. The lowest BCUT2D eigenvalue weighted by molar-refractivity contribution is -0.101. The van der Waals surface area contributed by atoms with Crippen LogP contribution in [0.5, 0.6) is 0 Å². The predicted octanol–water partition coefficient (Wildman–Crippen LogP) is 1.66. The second kappa shape index (κ2) is 5.07. The van der Waals surface area contributed by atoms with E-state index in [2.05, 4.69) is 43.1 Å². The van der Waals surface area contributed by atoms with Gasteiger partial charge in [0.2, 0.25) is 0 Å². The molecule has 0 saturated carbocycles. The molecule has 0 bridgehead atoms. The molecule has 0 amide bonds. The van der Waals surface area contributed by atoms with Gasteiger partial charge in [-0.2, -0.15) is 0 Å². The number of anilines is 1. The van der Waals surface area contributed by atoms with Crippen molar-refractivity contribution in [3.8, 4) is 0 Å². The summed E-state index contributed by atoms with van der Waals surface area (Å²) >= 11 is 0. The fraction of sp³-hybridized carbons (Fsp3) is 0.571. The van der Waals surface area contributed by atoms with Gasteiger partial charge in [0.1, 0.15) is 0 Å². The number of rotatable bonds is 5. The summed E-state index contributed by atoms with van der Waals surface area (Å²) in [5.41, 5.74) is 8.63. The molecule has 1 aromatic carbocycles. The van der Waals surface area contributed by atoms with Crippen LogP contribution >= 0.6 is 0 Å². The summed E-state index contributed by atoms with van der Waals surface area (Å²) in [6, 6.07) is 8.75. The minimum atomic E-state index is 0.165. The Morgan fingerprint density at radius 1 is 1.29 bits per heavy atom. The molecule has 1 heterocycles. The van der Waals surface area contributed by atoms with E-state index in [1.54, 1.807) is 0 Å². The van der Waals surface area contributed by atoms with Crippen molar-refractivity contribution in [2.75, 3.05) is 38.3 Å². The third-order valence-corrected chi connectivity index (χ3v) is 3.61.